The number of ether oxygens (including phenoxy) is 1. The molecule has 2 fully saturated rings. The maximum Gasteiger partial charge on any atom is 0.433 e. The van der Waals surface area contributed by atoms with E-state index in [4.69, 9.17) is 9.26 Å². The van der Waals surface area contributed by atoms with Crippen LogP contribution in [0.1, 0.15) is 40.7 Å². The van der Waals surface area contributed by atoms with Gasteiger partial charge in [0.1, 0.15) is 17.6 Å². The van der Waals surface area contributed by atoms with Gasteiger partial charge >= 0.3 is 6.18 Å². The van der Waals surface area contributed by atoms with Crippen molar-refractivity contribution in [2.75, 3.05) is 13.1 Å². The standard InChI is InChI=1S/C16H14F3N3O3/c17-16(18,19)13-2-1-3-14(20-13)24-10-7-22(8-10)15(23)11-6-12(25-21-11)9-4-5-9/h1-3,6,9-10H,4-5,7-8H2. The number of aromatic nitrogens is 2. The second-order valence-corrected chi connectivity index (χ2v) is 6.20. The third-order valence-corrected chi connectivity index (χ3v) is 4.16. The summed E-state index contributed by atoms with van der Waals surface area (Å²) in [4.78, 5) is 17.2. The number of carbonyl (C=O) groups is 1. The van der Waals surface area contributed by atoms with Crippen molar-refractivity contribution in [2.24, 2.45) is 0 Å². The number of pyridine rings is 1. The molecule has 0 aromatic carbocycles. The van der Waals surface area contributed by atoms with Gasteiger partial charge in [-0.25, -0.2) is 4.98 Å². The molecule has 132 valence electrons. The van der Waals surface area contributed by atoms with Crippen LogP contribution in [0.3, 0.4) is 0 Å². The van der Waals surface area contributed by atoms with Gasteiger partial charge in [0.2, 0.25) is 5.88 Å². The summed E-state index contributed by atoms with van der Waals surface area (Å²) in [7, 11) is 0. The van der Waals surface area contributed by atoms with Crippen LogP contribution in [0.4, 0.5) is 13.2 Å². The number of halogens is 3. The maximum absolute atomic E-state index is 12.6. The number of likely N-dealkylation sites (tertiary alicyclic amines) is 1. The number of amides is 1. The summed E-state index contributed by atoms with van der Waals surface area (Å²) in [6.07, 6.45) is -2.82. The molecule has 1 saturated heterocycles. The summed E-state index contributed by atoms with van der Waals surface area (Å²) in [5.74, 6) is 0.718. The molecule has 3 heterocycles. The quantitative estimate of drug-likeness (QED) is 0.845. The highest BCUT2D eigenvalue weighted by molar-refractivity contribution is 5.92. The van der Waals surface area contributed by atoms with Crippen molar-refractivity contribution in [3.63, 3.8) is 0 Å². The molecule has 1 aliphatic carbocycles. The Morgan fingerprint density at radius 1 is 1.28 bits per heavy atom. The largest absolute Gasteiger partial charge is 0.471 e. The van der Waals surface area contributed by atoms with Crippen LogP contribution in [0.25, 0.3) is 0 Å². The Hall–Kier alpha value is -2.58. The van der Waals surface area contributed by atoms with E-state index in [2.05, 4.69) is 10.1 Å². The SMILES string of the molecule is O=C(c1cc(C2CC2)on1)N1CC(Oc2cccc(C(F)(F)F)n2)C1. The molecule has 9 heteroatoms. The van der Waals surface area contributed by atoms with Gasteiger partial charge in [0, 0.05) is 18.1 Å². The van der Waals surface area contributed by atoms with E-state index in [1.54, 1.807) is 6.07 Å². The molecule has 2 aliphatic rings. The van der Waals surface area contributed by atoms with Crippen molar-refractivity contribution in [2.45, 2.75) is 31.0 Å². The van der Waals surface area contributed by atoms with Crippen molar-refractivity contribution in [1.82, 2.24) is 15.0 Å². The fraction of sp³-hybridized carbons (Fsp3) is 0.438. The highest BCUT2D eigenvalue weighted by Crippen LogP contribution is 2.40. The molecule has 2 aromatic rings. The van der Waals surface area contributed by atoms with Crippen molar-refractivity contribution in [1.29, 1.82) is 0 Å². The molecule has 0 bridgehead atoms. The number of alkyl halides is 3. The van der Waals surface area contributed by atoms with Crippen LogP contribution < -0.4 is 4.74 Å². The highest BCUT2D eigenvalue weighted by Gasteiger charge is 2.37. The van der Waals surface area contributed by atoms with E-state index in [9.17, 15) is 18.0 Å². The summed E-state index contributed by atoms with van der Waals surface area (Å²) < 4.78 is 48.5. The number of hydrogen-bond acceptors (Lipinski definition) is 5. The molecule has 25 heavy (non-hydrogen) atoms. The molecule has 1 saturated carbocycles. The summed E-state index contributed by atoms with van der Waals surface area (Å²) in [6, 6.07) is 5.13. The van der Waals surface area contributed by atoms with E-state index in [0.29, 0.717) is 5.92 Å². The Kier molecular flexibility index (Phi) is 3.66. The molecule has 0 N–H and O–H groups in total. The molecule has 0 spiro atoms. The zero-order chi connectivity index (χ0) is 17.6. The first-order valence-electron chi connectivity index (χ1n) is 7.87. The van der Waals surface area contributed by atoms with E-state index < -0.39 is 18.0 Å². The van der Waals surface area contributed by atoms with Gasteiger partial charge in [0.05, 0.1) is 13.1 Å². The second kappa shape index (κ2) is 5.75. The second-order valence-electron chi connectivity index (χ2n) is 6.20. The fourth-order valence-electron chi connectivity index (χ4n) is 2.60. The average molecular weight is 353 g/mol. The summed E-state index contributed by atoms with van der Waals surface area (Å²) in [6.45, 7) is 0.533. The van der Waals surface area contributed by atoms with E-state index >= 15 is 0 Å². The zero-order valence-electron chi connectivity index (χ0n) is 13.0. The third kappa shape index (κ3) is 3.31. The normalized spacial score (nSPS) is 18.1. The Labute approximate surface area is 140 Å². The minimum Gasteiger partial charge on any atom is -0.471 e. The number of nitrogens with zero attached hydrogens (tertiary/aromatic N) is 3. The lowest BCUT2D eigenvalue weighted by Gasteiger charge is -2.38. The molecule has 1 amide bonds. The molecule has 2 aromatic heterocycles. The van der Waals surface area contributed by atoms with Gasteiger partial charge in [-0.15, -0.1) is 0 Å². The minimum atomic E-state index is -4.52. The predicted molar refractivity (Wildman–Crippen MR) is 78.0 cm³/mol. The third-order valence-electron chi connectivity index (χ3n) is 4.16. The lowest BCUT2D eigenvalue weighted by molar-refractivity contribution is -0.141. The van der Waals surface area contributed by atoms with Crippen LogP contribution in [0, 0.1) is 0 Å². The molecule has 0 atom stereocenters. The van der Waals surface area contributed by atoms with Gasteiger partial charge in [-0.2, -0.15) is 13.2 Å². The number of hydrogen-bond donors (Lipinski definition) is 0. The van der Waals surface area contributed by atoms with Crippen LogP contribution in [0.5, 0.6) is 5.88 Å². The summed E-state index contributed by atoms with van der Waals surface area (Å²) >= 11 is 0. The first-order valence-corrected chi connectivity index (χ1v) is 7.87. The first kappa shape index (κ1) is 15.9. The minimum absolute atomic E-state index is 0.107. The molecule has 0 unspecified atom stereocenters. The van der Waals surface area contributed by atoms with Crippen LogP contribution in [-0.4, -0.2) is 40.1 Å². The first-order chi connectivity index (χ1) is 11.9. The molecule has 1 aliphatic heterocycles. The van der Waals surface area contributed by atoms with Gasteiger partial charge in [0.25, 0.3) is 5.91 Å². The van der Waals surface area contributed by atoms with E-state index in [1.807, 2.05) is 0 Å². The van der Waals surface area contributed by atoms with Gasteiger partial charge in [-0.3, -0.25) is 4.79 Å². The summed E-state index contributed by atoms with van der Waals surface area (Å²) in [5, 5.41) is 3.78. The number of rotatable bonds is 4. The van der Waals surface area contributed by atoms with Crippen molar-refractivity contribution in [3.8, 4) is 5.88 Å². The van der Waals surface area contributed by atoms with Crippen molar-refractivity contribution >= 4 is 5.91 Å². The lowest BCUT2D eigenvalue weighted by atomic mass is 10.1. The van der Waals surface area contributed by atoms with Crippen molar-refractivity contribution < 1.29 is 27.2 Å². The smallest absolute Gasteiger partial charge is 0.433 e. The van der Waals surface area contributed by atoms with Gasteiger partial charge in [-0.05, 0) is 18.9 Å². The lowest BCUT2D eigenvalue weighted by Crippen LogP contribution is -2.56. The van der Waals surface area contributed by atoms with E-state index in [0.717, 1.165) is 24.7 Å². The van der Waals surface area contributed by atoms with Crippen LogP contribution in [-0.2, 0) is 6.18 Å². The van der Waals surface area contributed by atoms with Crippen LogP contribution in [0.2, 0.25) is 0 Å². The molecule has 4 rings (SSSR count). The molecular weight excluding hydrogens is 339 g/mol. The Bertz CT molecular complexity index is 795. The molecule has 0 radical (unpaired) electrons. The van der Waals surface area contributed by atoms with Crippen LogP contribution >= 0.6 is 0 Å². The fourth-order valence-corrected chi connectivity index (χ4v) is 2.60. The predicted octanol–water partition coefficient (Wildman–Crippen LogP) is 2.87. The molecule has 6 nitrogen and oxygen atoms in total. The Morgan fingerprint density at radius 2 is 2.04 bits per heavy atom. The molecular formula is C16H14F3N3O3. The van der Waals surface area contributed by atoms with Crippen molar-refractivity contribution in [3.05, 3.63) is 41.4 Å². The zero-order valence-corrected chi connectivity index (χ0v) is 13.0. The van der Waals surface area contributed by atoms with E-state index in [-0.39, 0.29) is 30.6 Å². The maximum atomic E-state index is 12.6. The van der Waals surface area contributed by atoms with Gasteiger partial charge in [-0.1, -0.05) is 11.2 Å². The van der Waals surface area contributed by atoms with Gasteiger partial charge < -0.3 is 14.2 Å². The summed E-state index contributed by atoms with van der Waals surface area (Å²) in [5.41, 5.74) is -0.759. The monoisotopic (exact) mass is 353 g/mol. The topological polar surface area (TPSA) is 68.5 Å². The average Bonchev–Trinajstić information content (AvgIpc) is 3.26. The van der Waals surface area contributed by atoms with Gasteiger partial charge in [0.15, 0.2) is 5.69 Å². The van der Waals surface area contributed by atoms with E-state index in [1.165, 1.54) is 17.0 Å². The van der Waals surface area contributed by atoms with Crippen LogP contribution in [0.15, 0.2) is 28.8 Å². The number of carbonyl (C=O) groups excluding carboxylic acids is 1. The Balaban J connectivity index is 1.33. The Morgan fingerprint density at radius 3 is 2.72 bits per heavy atom. The highest BCUT2D eigenvalue weighted by atomic mass is 19.4.